The van der Waals surface area contributed by atoms with Crippen molar-refractivity contribution in [2.75, 3.05) is 13.1 Å². The van der Waals surface area contributed by atoms with Crippen LogP contribution in [0.15, 0.2) is 0 Å². The molecule has 2 aliphatic rings. The molecule has 2 fully saturated rings. The van der Waals surface area contributed by atoms with Gasteiger partial charge in [-0.05, 0) is 59.5 Å². The Kier molecular flexibility index (Phi) is 3.87. The zero-order valence-corrected chi connectivity index (χ0v) is 13.3. The van der Waals surface area contributed by atoms with Gasteiger partial charge in [-0.1, -0.05) is 0 Å². The molecule has 0 radical (unpaired) electrons. The van der Waals surface area contributed by atoms with Gasteiger partial charge < -0.3 is 5.32 Å². The highest BCUT2D eigenvalue weighted by molar-refractivity contribution is 5.28. The summed E-state index contributed by atoms with van der Waals surface area (Å²) in [5.74, 6) is 0. The summed E-state index contributed by atoms with van der Waals surface area (Å²) in [5.41, 5.74) is 3.96. The molecule has 2 saturated heterocycles. The first-order valence-corrected chi connectivity index (χ1v) is 8.09. The summed E-state index contributed by atoms with van der Waals surface area (Å²) in [6, 6.07) is 1.90. The largest absolute Gasteiger partial charge is 0.312 e. The summed E-state index contributed by atoms with van der Waals surface area (Å²) < 4.78 is 2.03. The minimum Gasteiger partial charge on any atom is -0.312 e. The van der Waals surface area contributed by atoms with E-state index in [0.29, 0.717) is 18.1 Å². The lowest BCUT2D eigenvalue weighted by molar-refractivity contribution is 0.162. The van der Waals surface area contributed by atoms with E-state index in [1.54, 1.807) is 0 Å². The molecule has 4 heteroatoms. The van der Waals surface area contributed by atoms with Crippen LogP contribution in [0.1, 0.15) is 55.6 Å². The van der Waals surface area contributed by atoms with E-state index in [1.165, 1.54) is 55.7 Å². The highest BCUT2D eigenvalue weighted by Crippen LogP contribution is 2.34. The smallest absolute Gasteiger partial charge is 0.0644 e. The van der Waals surface area contributed by atoms with Gasteiger partial charge in [0.2, 0.25) is 0 Å². The lowest BCUT2D eigenvalue weighted by Crippen LogP contribution is -2.45. The van der Waals surface area contributed by atoms with Gasteiger partial charge in [-0.3, -0.25) is 9.58 Å². The number of aromatic nitrogens is 2. The van der Waals surface area contributed by atoms with Crippen molar-refractivity contribution >= 4 is 0 Å². The van der Waals surface area contributed by atoms with E-state index in [0.717, 1.165) is 0 Å². The predicted molar refractivity (Wildman–Crippen MR) is 81.8 cm³/mol. The lowest BCUT2D eigenvalue weighted by Gasteiger charge is -2.34. The van der Waals surface area contributed by atoms with Crippen molar-refractivity contribution in [3.63, 3.8) is 0 Å². The molecule has 1 aromatic rings. The average Bonchev–Trinajstić information content (AvgIpc) is 3.11. The molecule has 0 spiro atoms. The van der Waals surface area contributed by atoms with Crippen molar-refractivity contribution in [1.29, 1.82) is 0 Å². The van der Waals surface area contributed by atoms with E-state index in [-0.39, 0.29) is 0 Å². The van der Waals surface area contributed by atoms with Gasteiger partial charge in [-0.2, -0.15) is 5.10 Å². The first-order valence-electron chi connectivity index (χ1n) is 8.09. The van der Waals surface area contributed by atoms with E-state index in [9.17, 15) is 0 Å². The van der Waals surface area contributed by atoms with Gasteiger partial charge >= 0.3 is 0 Å². The minimum atomic E-state index is 0.485. The minimum absolute atomic E-state index is 0.485. The monoisotopic (exact) mass is 276 g/mol. The third-order valence-electron chi connectivity index (χ3n) is 5.39. The topological polar surface area (TPSA) is 33.1 Å². The molecule has 1 aromatic heterocycles. The molecule has 2 aliphatic heterocycles. The van der Waals surface area contributed by atoms with Crippen molar-refractivity contribution in [1.82, 2.24) is 20.0 Å². The molecule has 3 atom stereocenters. The Balaban J connectivity index is 1.83. The van der Waals surface area contributed by atoms with E-state index >= 15 is 0 Å². The number of hydrogen-bond donors (Lipinski definition) is 1. The highest BCUT2D eigenvalue weighted by atomic mass is 15.3. The molecule has 0 aromatic carbocycles. The van der Waals surface area contributed by atoms with Crippen LogP contribution in [0.25, 0.3) is 0 Å². The molecule has 0 bridgehead atoms. The maximum atomic E-state index is 4.60. The normalized spacial score (nSPS) is 29.2. The van der Waals surface area contributed by atoms with Crippen molar-refractivity contribution in [3.8, 4) is 0 Å². The molecule has 112 valence electrons. The number of likely N-dealkylation sites (tertiary alicyclic amines) is 1. The quantitative estimate of drug-likeness (QED) is 0.919. The van der Waals surface area contributed by atoms with E-state index < -0.39 is 0 Å². The Hall–Kier alpha value is -0.870. The van der Waals surface area contributed by atoms with Crippen molar-refractivity contribution in [2.45, 2.75) is 64.6 Å². The molecule has 0 saturated carbocycles. The molecule has 3 rings (SSSR count). The fraction of sp³-hybridized carbons (Fsp3) is 0.812. The predicted octanol–water partition coefficient (Wildman–Crippen LogP) is 2.31. The van der Waals surface area contributed by atoms with Crippen molar-refractivity contribution in [3.05, 3.63) is 17.0 Å². The lowest BCUT2D eigenvalue weighted by atomic mass is 9.99. The fourth-order valence-electron chi connectivity index (χ4n) is 4.33. The Morgan fingerprint density at radius 1 is 1.25 bits per heavy atom. The SMILES string of the molecule is Cc1nn(C)c(C)c1C(C)N1CCCC1C1CCCN1. The molecule has 1 N–H and O–H groups in total. The average molecular weight is 276 g/mol. The second-order valence-corrected chi connectivity index (χ2v) is 6.53. The van der Waals surface area contributed by atoms with Crippen LogP contribution in [0.4, 0.5) is 0 Å². The van der Waals surface area contributed by atoms with Gasteiger partial charge in [-0.15, -0.1) is 0 Å². The van der Waals surface area contributed by atoms with Crippen LogP contribution in [-0.2, 0) is 7.05 Å². The first-order chi connectivity index (χ1) is 9.59. The number of aryl methyl sites for hydroxylation is 2. The van der Waals surface area contributed by atoms with Gasteiger partial charge in [-0.25, -0.2) is 0 Å². The summed E-state index contributed by atoms with van der Waals surface area (Å²) in [4.78, 5) is 2.72. The third kappa shape index (κ3) is 2.29. The molecule has 0 aliphatic carbocycles. The van der Waals surface area contributed by atoms with Crippen molar-refractivity contribution < 1.29 is 0 Å². The molecular formula is C16H28N4. The number of rotatable bonds is 3. The van der Waals surface area contributed by atoms with E-state index in [4.69, 9.17) is 0 Å². The Bertz CT molecular complexity index is 473. The molecule has 3 unspecified atom stereocenters. The van der Waals surface area contributed by atoms with Gasteiger partial charge in [0.1, 0.15) is 0 Å². The Labute approximate surface area is 122 Å². The standard InChI is InChI=1S/C16H28N4/c1-11-16(12(2)19(4)18-11)13(3)20-10-6-8-15(20)14-7-5-9-17-14/h13-15,17H,5-10H2,1-4H3. The van der Waals surface area contributed by atoms with E-state index in [2.05, 4.69) is 43.1 Å². The maximum Gasteiger partial charge on any atom is 0.0644 e. The second kappa shape index (κ2) is 5.49. The van der Waals surface area contributed by atoms with Crippen LogP contribution in [0.3, 0.4) is 0 Å². The van der Waals surface area contributed by atoms with Gasteiger partial charge in [0.25, 0.3) is 0 Å². The third-order valence-corrected chi connectivity index (χ3v) is 5.39. The summed E-state index contributed by atoms with van der Waals surface area (Å²) in [5, 5.41) is 8.31. The summed E-state index contributed by atoms with van der Waals surface area (Å²) in [6.45, 7) is 9.15. The highest BCUT2D eigenvalue weighted by Gasteiger charge is 2.37. The molecule has 0 amide bonds. The molecule has 20 heavy (non-hydrogen) atoms. The molecule has 3 heterocycles. The Morgan fingerprint density at radius 3 is 2.65 bits per heavy atom. The van der Waals surface area contributed by atoms with Gasteiger partial charge in [0.15, 0.2) is 0 Å². The van der Waals surface area contributed by atoms with Crippen molar-refractivity contribution in [2.24, 2.45) is 7.05 Å². The zero-order valence-electron chi connectivity index (χ0n) is 13.3. The Morgan fingerprint density at radius 2 is 2.05 bits per heavy atom. The molecule has 4 nitrogen and oxygen atoms in total. The zero-order chi connectivity index (χ0) is 14.3. The van der Waals surface area contributed by atoms with Crippen LogP contribution < -0.4 is 5.32 Å². The van der Waals surface area contributed by atoms with Gasteiger partial charge in [0.05, 0.1) is 5.69 Å². The second-order valence-electron chi connectivity index (χ2n) is 6.53. The number of nitrogens with one attached hydrogen (secondary N) is 1. The molecular weight excluding hydrogens is 248 g/mol. The summed E-state index contributed by atoms with van der Waals surface area (Å²) >= 11 is 0. The van der Waals surface area contributed by atoms with Crippen LogP contribution in [0, 0.1) is 13.8 Å². The fourth-order valence-corrected chi connectivity index (χ4v) is 4.33. The van der Waals surface area contributed by atoms with E-state index in [1.807, 2.05) is 4.68 Å². The summed E-state index contributed by atoms with van der Waals surface area (Å²) in [6.07, 6.45) is 5.37. The van der Waals surface area contributed by atoms with Crippen LogP contribution in [-0.4, -0.2) is 39.9 Å². The maximum absolute atomic E-state index is 4.60. The number of hydrogen-bond acceptors (Lipinski definition) is 3. The number of nitrogens with zero attached hydrogens (tertiary/aromatic N) is 3. The first kappa shape index (κ1) is 14.1. The summed E-state index contributed by atoms with van der Waals surface area (Å²) in [7, 11) is 2.05. The van der Waals surface area contributed by atoms with Crippen LogP contribution in [0.5, 0.6) is 0 Å². The van der Waals surface area contributed by atoms with Crippen LogP contribution >= 0.6 is 0 Å². The van der Waals surface area contributed by atoms with Crippen LogP contribution in [0.2, 0.25) is 0 Å². The van der Waals surface area contributed by atoms with Gasteiger partial charge in [0, 0.05) is 36.4 Å².